The SMILES string of the molecule is CCCn1c2nc(C3CCCC3)nc-2c2n(c1=O)CC(C)(Cc1ccccc1)N2. The van der Waals surface area contributed by atoms with Crippen molar-refractivity contribution in [2.45, 2.75) is 76.9 Å². The van der Waals surface area contributed by atoms with Gasteiger partial charge in [-0.05, 0) is 38.2 Å². The molecule has 6 heteroatoms. The summed E-state index contributed by atoms with van der Waals surface area (Å²) in [6, 6.07) is 10.5. The minimum Gasteiger partial charge on any atom is -0.362 e. The quantitative estimate of drug-likeness (QED) is 0.713. The Morgan fingerprint density at radius 2 is 1.93 bits per heavy atom. The molecule has 5 rings (SSSR count). The van der Waals surface area contributed by atoms with Crippen LogP contribution in [0, 0.1) is 0 Å². The van der Waals surface area contributed by atoms with Gasteiger partial charge in [-0.15, -0.1) is 0 Å². The summed E-state index contributed by atoms with van der Waals surface area (Å²) in [5, 5.41) is 3.66. The standard InChI is InChI=1S/C23H29N5O/c1-3-13-27-20-18(24-19(25-20)17-11-7-8-12-17)21-26-23(2,15-28(21)22(27)29)14-16-9-5-4-6-10-16/h4-6,9-10,17,26H,3,7-8,11-15H2,1-2H3. The molecule has 1 atom stereocenters. The number of benzene rings is 1. The Labute approximate surface area is 171 Å². The normalized spacial score (nSPS) is 21.6. The van der Waals surface area contributed by atoms with Crippen LogP contribution in [0.5, 0.6) is 0 Å². The molecular weight excluding hydrogens is 362 g/mol. The summed E-state index contributed by atoms with van der Waals surface area (Å²) in [5.74, 6) is 2.95. The topological polar surface area (TPSA) is 64.7 Å². The highest BCUT2D eigenvalue weighted by molar-refractivity contribution is 5.70. The van der Waals surface area contributed by atoms with Crippen molar-refractivity contribution in [3.05, 3.63) is 52.2 Å². The van der Waals surface area contributed by atoms with Crippen molar-refractivity contribution < 1.29 is 0 Å². The van der Waals surface area contributed by atoms with Gasteiger partial charge in [0.15, 0.2) is 5.82 Å². The van der Waals surface area contributed by atoms with E-state index < -0.39 is 0 Å². The second kappa shape index (κ2) is 7.01. The summed E-state index contributed by atoms with van der Waals surface area (Å²) in [7, 11) is 0. The van der Waals surface area contributed by atoms with Crippen LogP contribution >= 0.6 is 0 Å². The number of fused-ring (bicyclic) bond motifs is 3. The number of hydrogen-bond acceptors (Lipinski definition) is 4. The molecule has 1 aliphatic carbocycles. The first-order valence-corrected chi connectivity index (χ1v) is 10.9. The predicted molar refractivity (Wildman–Crippen MR) is 115 cm³/mol. The summed E-state index contributed by atoms with van der Waals surface area (Å²) in [6.45, 7) is 5.61. The zero-order valence-electron chi connectivity index (χ0n) is 17.3. The van der Waals surface area contributed by atoms with Crippen molar-refractivity contribution in [1.29, 1.82) is 0 Å². The molecule has 6 nitrogen and oxygen atoms in total. The van der Waals surface area contributed by atoms with Crippen molar-refractivity contribution in [2.24, 2.45) is 0 Å². The molecule has 0 amide bonds. The maximum atomic E-state index is 13.4. The average molecular weight is 392 g/mol. The molecule has 3 heterocycles. The predicted octanol–water partition coefficient (Wildman–Crippen LogP) is 4.04. The maximum Gasteiger partial charge on any atom is 0.331 e. The van der Waals surface area contributed by atoms with Gasteiger partial charge in [0.1, 0.15) is 17.3 Å². The van der Waals surface area contributed by atoms with Gasteiger partial charge in [0.2, 0.25) is 0 Å². The van der Waals surface area contributed by atoms with E-state index in [1.165, 1.54) is 18.4 Å². The lowest BCUT2D eigenvalue weighted by Crippen LogP contribution is -2.37. The molecule has 1 aromatic rings. The van der Waals surface area contributed by atoms with Gasteiger partial charge in [0, 0.05) is 12.5 Å². The summed E-state index contributed by atoms with van der Waals surface area (Å²) >= 11 is 0. The molecular formula is C23H29N5O. The van der Waals surface area contributed by atoms with Crippen LogP contribution in [-0.2, 0) is 19.5 Å². The smallest absolute Gasteiger partial charge is 0.331 e. The van der Waals surface area contributed by atoms with Crippen molar-refractivity contribution in [2.75, 3.05) is 5.32 Å². The van der Waals surface area contributed by atoms with E-state index in [0.29, 0.717) is 19.0 Å². The largest absolute Gasteiger partial charge is 0.362 e. The molecule has 4 aliphatic rings. The lowest BCUT2D eigenvalue weighted by Gasteiger charge is -2.24. The lowest BCUT2D eigenvalue weighted by molar-refractivity contribution is 0.457. The number of rotatable bonds is 5. The summed E-state index contributed by atoms with van der Waals surface area (Å²) in [6.07, 6.45) is 6.56. The van der Waals surface area contributed by atoms with Crippen LogP contribution in [-0.4, -0.2) is 24.6 Å². The van der Waals surface area contributed by atoms with E-state index in [9.17, 15) is 4.79 Å². The third-order valence-corrected chi connectivity index (χ3v) is 6.40. The molecule has 1 N–H and O–H groups in total. The summed E-state index contributed by atoms with van der Waals surface area (Å²) in [5.41, 5.74) is 1.92. The molecule has 1 saturated carbocycles. The highest BCUT2D eigenvalue weighted by atomic mass is 16.1. The van der Waals surface area contributed by atoms with Gasteiger partial charge in [0.25, 0.3) is 0 Å². The second-order valence-corrected chi connectivity index (χ2v) is 8.95. The van der Waals surface area contributed by atoms with E-state index >= 15 is 0 Å². The van der Waals surface area contributed by atoms with E-state index in [0.717, 1.165) is 48.8 Å². The third-order valence-electron chi connectivity index (χ3n) is 6.40. The van der Waals surface area contributed by atoms with Crippen molar-refractivity contribution in [1.82, 2.24) is 19.1 Å². The number of aromatic nitrogens is 4. The first kappa shape index (κ1) is 18.4. The van der Waals surface area contributed by atoms with Gasteiger partial charge in [-0.25, -0.2) is 14.8 Å². The number of hydrogen-bond donors (Lipinski definition) is 1. The number of nitrogens with zero attached hydrogens (tertiary/aromatic N) is 4. The van der Waals surface area contributed by atoms with E-state index in [1.807, 2.05) is 15.2 Å². The molecule has 0 bridgehead atoms. The fraction of sp³-hybridized carbons (Fsp3) is 0.522. The highest BCUT2D eigenvalue weighted by Gasteiger charge is 2.39. The first-order chi connectivity index (χ1) is 14.1. The molecule has 0 saturated heterocycles. The van der Waals surface area contributed by atoms with E-state index in [2.05, 4.69) is 43.4 Å². The number of imidazole rings is 1. The average Bonchev–Trinajstić information content (AvgIpc) is 3.44. The van der Waals surface area contributed by atoms with Crippen molar-refractivity contribution in [3.63, 3.8) is 0 Å². The molecule has 29 heavy (non-hydrogen) atoms. The maximum absolute atomic E-state index is 13.4. The van der Waals surface area contributed by atoms with Gasteiger partial charge in [0.05, 0.1) is 12.1 Å². The summed E-state index contributed by atoms with van der Waals surface area (Å²) < 4.78 is 3.72. The van der Waals surface area contributed by atoms with Crippen LogP contribution in [0.4, 0.5) is 5.82 Å². The number of anilines is 1. The minimum absolute atomic E-state index is 0.0245. The van der Waals surface area contributed by atoms with E-state index in [4.69, 9.17) is 9.97 Å². The fourth-order valence-corrected chi connectivity index (χ4v) is 5.04. The molecule has 0 spiro atoms. The van der Waals surface area contributed by atoms with Crippen LogP contribution in [0.2, 0.25) is 0 Å². The Morgan fingerprint density at radius 1 is 1.17 bits per heavy atom. The van der Waals surface area contributed by atoms with Crippen LogP contribution in [0.3, 0.4) is 0 Å². The molecule has 1 unspecified atom stereocenters. The van der Waals surface area contributed by atoms with E-state index in [1.54, 1.807) is 0 Å². The van der Waals surface area contributed by atoms with Crippen LogP contribution in [0.25, 0.3) is 11.5 Å². The van der Waals surface area contributed by atoms with Gasteiger partial charge < -0.3 is 5.32 Å². The van der Waals surface area contributed by atoms with Gasteiger partial charge in [-0.3, -0.25) is 9.13 Å². The Hall–Kier alpha value is -2.63. The molecule has 1 aromatic carbocycles. The molecule has 152 valence electrons. The molecule has 0 radical (unpaired) electrons. The molecule has 1 fully saturated rings. The summed E-state index contributed by atoms with van der Waals surface area (Å²) in [4.78, 5) is 23.2. The Bertz CT molecular complexity index is 1050. The first-order valence-electron chi connectivity index (χ1n) is 10.9. The monoisotopic (exact) mass is 391 g/mol. The lowest BCUT2D eigenvalue weighted by atomic mass is 9.94. The van der Waals surface area contributed by atoms with Crippen molar-refractivity contribution >= 4 is 5.82 Å². The van der Waals surface area contributed by atoms with Gasteiger partial charge >= 0.3 is 5.69 Å². The van der Waals surface area contributed by atoms with Crippen LogP contribution in [0.15, 0.2) is 35.1 Å². The Morgan fingerprint density at radius 3 is 2.66 bits per heavy atom. The Kier molecular flexibility index (Phi) is 4.45. The number of nitrogens with one attached hydrogen (secondary N) is 1. The second-order valence-electron chi connectivity index (χ2n) is 8.95. The minimum atomic E-state index is -0.224. The Balaban J connectivity index is 1.59. The van der Waals surface area contributed by atoms with E-state index in [-0.39, 0.29) is 11.2 Å². The van der Waals surface area contributed by atoms with Crippen LogP contribution in [0.1, 0.15) is 63.3 Å². The zero-order chi connectivity index (χ0) is 20.0. The molecule has 0 aromatic heterocycles. The van der Waals surface area contributed by atoms with Gasteiger partial charge in [-0.2, -0.15) is 0 Å². The third kappa shape index (κ3) is 3.15. The van der Waals surface area contributed by atoms with Gasteiger partial charge in [-0.1, -0.05) is 50.1 Å². The molecule has 3 aliphatic heterocycles. The van der Waals surface area contributed by atoms with Crippen LogP contribution < -0.4 is 11.0 Å². The fourth-order valence-electron chi connectivity index (χ4n) is 5.04. The zero-order valence-corrected chi connectivity index (χ0v) is 17.3. The highest BCUT2D eigenvalue weighted by Crippen LogP contribution is 2.39. The van der Waals surface area contributed by atoms with Crippen molar-refractivity contribution in [3.8, 4) is 11.5 Å².